The highest BCUT2D eigenvalue weighted by Gasteiger charge is 2.09. The van der Waals surface area contributed by atoms with Crippen LogP contribution in [0.2, 0.25) is 0 Å². The lowest BCUT2D eigenvalue weighted by Crippen LogP contribution is -2.00. The van der Waals surface area contributed by atoms with Gasteiger partial charge in [0.1, 0.15) is 5.82 Å². The number of rotatable bonds is 3. The molecule has 0 aliphatic carbocycles. The van der Waals surface area contributed by atoms with E-state index < -0.39 is 10.8 Å². The average Bonchev–Trinajstić information content (AvgIpc) is 2.76. The topological polar surface area (TPSA) is 43.1 Å². The third-order valence-corrected chi connectivity index (χ3v) is 4.78. The minimum absolute atomic E-state index is 0.254. The molecule has 16 heavy (non-hydrogen) atoms. The van der Waals surface area contributed by atoms with Crippen LogP contribution in [-0.4, -0.2) is 4.21 Å². The first-order valence-corrected chi connectivity index (χ1v) is 6.82. The molecule has 0 fully saturated rings. The van der Waals surface area contributed by atoms with Gasteiger partial charge in [-0.05, 0) is 35.2 Å². The van der Waals surface area contributed by atoms with E-state index in [4.69, 9.17) is 5.73 Å². The van der Waals surface area contributed by atoms with E-state index in [0.717, 1.165) is 4.21 Å². The smallest absolute Gasteiger partial charge is 0.123 e. The van der Waals surface area contributed by atoms with E-state index in [1.165, 1.54) is 29.5 Å². The Kier molecular flexibility index (Phi) is 3.36. The largest absolute Gasteiger partial charge is 0.398 e. The van der Waals surface area contributed by atoms with E-state index in [9.17, 15) is 8.60 Å². The van der Waals surface area contributed by atoms with Crippen LogP contribution in [-0.2, 0) is 16.6 Å². The average molecular weight is 255 g/mol. The van der Waals surface area contributed by atoms with E-state index in [1.54, 1.807) is 6.07 Å². The maximum Gasteiger partial charge on any atom is 0.123 e. The first-order chi connectivity index (χ1) is 7.66. The summed E-state index contributed by atoms with van der Waals surface area (Å²) >= 11 is 1.43. The van der Waals surface area contributed by atoms with Crippen molar-refractivity contribution < 1.29 is 8.60 Å². The first-order valence-electron chi connectivity index (χ1n) is 4.62. The summed E-state index contributed by atoms with van der Waals surface area (Å²) in [4.78, 5) is 0. The molecule has 0 bridgehead atoms. The van der Waals surface area contributed by atoms with Crippen molar-refractivity contribution in [1.82, 2.24) is 0 Å². The van der Waals surface area contributed by atoms with Crippen LogP contribution in [0.5, 0.6) is 0 Å². The summed E-state index contributed by atoms with van der Waals surface area (Å²) in [6.45, 7) is 0. The van der Waals surface area contributed by atoms with E-state index in [-0.39, 0.29) is 11.6 Å². The number of hydrogen-bond donors (Lipinski definition) is 1. The summed E-state index contributed by atoms with van der Waals surface area (Å²) < 4.78 is 25.7. The highest BCUT2D eigenvalue weighted by atomic mass is 32.2. The Hall–Kier alpha value is -1.20. The minimum atomic E-state index is -1.15. The number of thiophene rings is 1. The van der Waals surface area contributed by atoms with Crippen molar-refractivity contribution in [3.05, 3.63) is 47.1 Å². The fourth-order valence-corrected chi connectivity index (χ4v) is 3.43. The third kappa shape index (κ3) is 2.48. The Morgan fingerprint density at radius 2 is 2.19 bits per heavy atom. The maximum absolute atomic E-state index is 13.0. The number of halogens is 1. The predicted octanol–water partition coefficient (Wildman–Crippen LogP) is 2.78. The molecular weight excluding hydrogens is 245 g/mol. The lowest BCUT2D eigenvalue weighted by molar-refractivity contribution is 0.626. The number of nitrogen functional groups attached to an aromatic ring is 1. The summed E-state index contributed by atoms with van der Waals surface area (Å²) in [6.07, 6.45) is 0. The summed E-state index contributed by atoms with van der Waals surface area (Å²) in [5.41, 5.74) is 6.76. The van der Waals surface area contributed by atoms with Crippen LogP contribution >= 0.6 is 11.3 Å². The molecule has 5 heteroatoms. The zero-order valence-electron chi connectivity index (χ0n) is 8.35. The highest BCUT2D eigenvalue weighted by Crippen LogP contribution is 2.21. The van der Waals surface area contributed by atoms with Gasteiger partial charge in [-0.15, -0.1) is 11.3 Å². The van der Waals surface area contributed by atoms with Crippen molar-refractivity contribution in [1.29, 1.82) is 0 Å². The Morgan fingerprint density at radius 1 is 1.38 bits per heavy atom. The SMILES string of the molecule is Nc1ccc(F)cc1CS(=O)c1cccs1. The van der Waals surface area contributed by atoms with Gasteiger partial charge in [-0.3, -0.25) is 4.21 Å². The van der Waals surface area contributed by atoms with Crippen LogP contribution in [0.25, 0.3) is 0 Å². The quantitative estimate of drug-likeness (QED) is 0.857. The van der Waals surface area contributed by atoms with Gasteiger partial charge in [-0.2, -0.15) is 0 Å². The predicted molar refractivity (Wildman–Crippen MR) is 65.2 cm³/mol. The summed E-state index contributed by atoms with van der Waals surface area (Å²) in [6, 6.07) is 7.77. The Bertz CT molecular complexity index is 511. The number of anilines is 1. The van der Waals surface area contributed by atoms with Gasteiger partial charge in [0, 0.05) is 5.69 Å². The van der Waals surface area contributed by atoms with Gasteiger partial charge in [-0.1, -0.05) is 6.07 Å². The van der Waals surface area contributed by atoms with E-state index >= 15 is 0 Å². The van der Waals surface area contributed by atoms with Crippen LogP contribution in [0.15, 0.2) is 39.9 Å². The molecule has 0 aliphatic rings. The fourth-order valence-electron chi connectivity index (χ4n) is 1.30. The molecular formula is C11H10FNOS2. The molecule has 0 radical (unpaired) electrons. The van der Waals surface area contributed by atoms with Gasteiger partial charge in [-0.25, -0.2) is 4.39 Å². The molecule has 1 atom stereocenters. The Labute approximate surface area is 99.4 Å². The van der Waals surface area contributed by atoms with Gasteiger partial charge in [0.15, 0.2) is 0 Å². The van der Waals surface area contributed by atoms with Crippen molar-refractivity contribution in [2.24, 2.45) is 0 Å². The standard InChI is InChI=1S/C11H10FNOS2/c12-9-3-4-10(13)8(6-9)7-16(14)11-2-1-5-15-11/h1-6H,7,13H2. The van der Waals surface area contributed by atoms with Crippen molar-refractivity contribution in [3.8, 4) is 0 Å². The van der Waals surface area contributed by atoms with Crippen molar-refractivity contribution in [2.45, 2.75) is 9.96 Å². The van der Waals surface area contributed by atoms with Crippen LogP contribution in [0.1, 0.15) is 5.56 Å². The highest BCUT2D eigenvalue weighted by molar-refractivity contribution is 7.86. The van der Waals surface area contributed by atoms with Crippen LogP contribution in [0.3, 0.4) is 0 Å². The Balaban J connectivity index is 2.21. The summed E-state index contributed by atoms with van der Waals surface area (Å²) in [5.74, 6) is -0.100. The maximum atomic E-state index is 13.0. The fraction of sp³-hybridized carbons (Fsp3) is 0.0909. The molecule has 1 heterocycles. The second kappa shape index (κ2) is 4.76. The van der Waals surface area contributed by atoms with Gasteiger partial charge >= 0.3 is 0 Å². The third-order valence-electron chi connectivity index (χ3n) is 2.11. The van der Waals surface area contributed by atoms with Gasteiger partial charge in [0.05, 0.1) is 20.8 Å². The zero-order valence-corrected chi connectivity index (χ0v) is 9.98. The first kappa shape index (κ1) is 11.3. The second-order valence-electron chi connectivity index (χ2n) is 3.27. The minimum Gasteiger partial charge on any atom is -0.398 e. The molecule has 1 aromatic heterocycles. The van der Waals surface area contributed by atoms with Crippen LogP contribution < -0.4 is 5.73 Å². The van der Waals surface area contributed by atoms with Crippen molar-refractivity contribution >= 4 is 27.8 Å². The molecule has 2 N–H and O–H groups in total. The lowest BCUT2D eigenvalue weighted by atomic mass is 10.2. The van der Waals surface area contributed by atoms with Gasteiger partial charge < -0.3 is 5.73 Å². The molecule has 0 amide bonds. The van der Waals surface area contributed by atoms with Gasteiger partial charge in [0.25, 0.3) is 0 Å². The molecule has 2 nitrogen and oxygen atoms in total. The van der Waals surface area contributed by atoms with Crippen molar-refractivity contribution in [3.63, 3.8) is 0 Å². The van der Waals surface area contributed by atoms with E-state index in [0.29, 0.717) is 11.3 Å². The van der Waals surface area contributed by atoms with Crippen molar-refractivity contribution in [2.75, 3.05) is 5.73 Å². The normalized spacial score (nSPS) is 12.6. The molecule has 2 rings (SSSR count). The number of nitrogens with two attached hydrogens (primary N) is 1. The molecule has 1 aromatic carbocycles. The molecule has 2 aromatic rings. The van der Waals surface area contributed by atoms with Crippen LogP contribution in [0.4, 0.5) is 10.1 Å². The summed E-state index contributed by atoms with van der Waals surface area (Å²) in [7, 11) is -1.15. The molecule has 0 saturated carbocycles. The number of hydrogen-bond acceptors (Lipinski definition) is 3. The Morgan fingerprint density at radius 3 is 2.88 bits per heavy atom. The lowest BCUT2D eigenvalue weighted by Gasteiger charge is -2.04. The molecule has 84 valence electrons. The molecule has 1 unspecified atom stereocenters. The number of benzene rings is 1. The van der Waals surface area contributed by atoms with E-state index in [1.807, 2.05) is 11.4 Å². The molecule has 0 spiro atoms. The van der Waals surface area contributed by atoms with Gasteiger partial charge in [0.2, 0.25) is 0 Å². The molecule has 0 aliphatic heterocycles. The monoisotopic (exact) mass is 255 g/mol. The van der Waals surface area contributed by atoms with Crippen LogP contribution in [0, 0.1) is 5.82 Å². The van der Waals surface area contributed by atoms with E-state index in [2.05, 4.69) is 0 Å². The molecule has 0 saturated heterocycles. The summed E-state index contributed by atoms with van der Waals surface area (Å²) in [5, 5.41) is 1.86. The second-order valence-corrected chi connectivity index (χ2v) is 5.89. The zero-order chi connectivity index (χ0) is 11.5.